The highest BCUT2D eigenvalue weighted by Gasteiger charge is 2.27. The van der Waals surface area contributed by atoms with Crippen molar-refractivity contribution in [1.82, 2.24) is 5.32 Å². The van der Waals surface area contributed by atoms with E-state index in [9.17, 15) is 13.2 Å². The molecule has 162 valence electrons. The highest BCUT2D eigenvalue weighted by molar-refractivity contribution is 7.92. The summed E-state index contributed by atoms with van der Waals surface area (Å²) in [5.74, 6) is -0.440. The molecule has 0 aliphatic rings. The molecule has 0 fully saturated rings. The Bertz CT molecular complexity index is 1200. The predicted molar refractivity (Wildman–Crippen MR) is 125 cm³/mol. The van der Waals surface area contributed by atoms with Crippen LogP contribution in [-0.4, -0.2) is 20.9 Å². The average molecular weight is 477 g/mol. The van der Waals surface area contributed by atoms with Crippen LogP contribution < -0.4 is 9.62 Å². The number of nitrogens with zero attached hydrogens (tertiary/aromatic N) is 1. The second kappa shape index (κ2) is 9.73. The van der Waals surface area contributed by atoms with E-state index in [1.165, 1.54) is 30.3 Å². The third kappa shape index (κ3) is 5.58. The molecule has 5 nitrogen and oxygen atoms in total. The fourth-order valence-electron chi connectivity index (χ4n) is 2.98. The van der Waals surface area contributed by atoms with Crippen LogP contribution in [0.3, 0.4) is 0 Å². The van der Waals surface area contributed by atoms with Crippen molar-refractivity contribution in [3.8, 4) is 0 Å². The standard InChI is InChI=1S/C23H22Cl2N2O3S/c1-16-7-10-20(11-8-16)31(29,30)27(19-9-12-21(24)22(25)13-19)15-23(28)26-14-18-6-4-3-5-17(18)2/h3-13H,14-15H2,1-2H3,(H,26,28). The van der Waals surface area contributed by atoms with Crippen molar-refractivity contribution < 1.29 is 13.2 Å². The van der Waals surface area contributed by atoms with Crippen LogP contribution in [0.1, 0.15) is 16.7 Å². The van der Waals surface area contributed by atoms with E-state index in [2.05, 4.69) is 5.32 Å². The molecule has 0 aliphatic heterocycles. The number of hydrogen-bond acceptors (Lipinski definition) is 3. The maximum Gasteiger partial charge on any atom is 0.264 e. The van der Waals surface area contributed by atoms with Crippen LogP contribution in [0.4, 0.5) is 5.69 Å². The number of aryl methyl sites for hydroxylation is 2. The van der Waals surface area contributed by atoms with Crippen molar-refractivity contribution in [2.75, 3.05) is 10.8 Å². The van der Waals surface area contributed by atoms with Gasteiger partial charge in [-0.05, 0) is 55.3 Å². The fraction of sp³-hybridized carbons (Fsp3) is 0.174. The molecule has 0 atom stereocenters. The Hall–Kier alpha value is -2.54. The molecule has 0 bridgehead atoms. The Morgan fingerprint density at radius 2 is 1.61 bits per heavy atom. The Kier molecular flexibility index (Phi) is 7.26. The molecule has 8 heteroatoms. The molecular formula is C23H22Cl2N2O3S. The monoisotopic (exact) mass is 476 g/mol. The normalized spacial score (nSPS) is 11.2. The van der Waals surface area contributed by atoms with Gasteiger partial charge in [0.05, 0.1) is 20.6 Å². The molecular weight excluding hydrogens is 455 g/mol. The molecule has 31 heavy (non-hydrogen) atoms. The van der Waals surface area contributed by atoms with Gasteiger partial charge < -0.3 is 5.32 Å². The largest absolute Gasteiger partial charge is 0.350 e. The topological polar surface area (TPSA) is 66.5 Å². The molecule has 0 heterocycles. The molecule has 0 aromatic heterocycles. The number of benzene rings is 3. The fourth-order valence-corrected chi connectivity index (χ4v) is 4.69. The number of sulfonamides is 1. The molecule has 0 saturated heterocycles. The van der Waals surface area contributed by atoms with E-state index in [0.29, 0.717) is 11.6 Å². The van der Waals surface area contributed by atoms with Gasteiger partial charge >= 0.3 is 0 Å². The zero-order valence-electron chi connectivity index (χ0n) is 17.1. The lowest BCUT2D eigenvalue weighted by Gasteiger charge is -2.24. The summed E-state index contributed by atoms with van der Waals surface area (Å²) >= 11 is 12.1. The predicted octanol–water partition coefficient (Wildman–Crippen LogP) is 5.12. The van der Waals surface area contributed by atoms with Crippen molar-refractivity contribution in [2.24, 2.45) is 0 Å². The lowest BCUT2D eigenvalue weighted by Crippen LogP contribution is -2.40. The summed E-state index contributed by atoms with van der Waals surface area (Å²) in [4.78, 5) is 12.8. The van der Waals surface area contributed by atoms with Crippen LogP contribution in [0.2, 0.25) is 10.0 Å². The van der Waals surface area contributed by atoms with Crippen LogP contribution in [0.5, 0.6) is 0 Å². The van der Waals surface area contributed by atoms with Crippen LogP contribution in [0, 0.1) is 13.8 Å². The first-order valence-electron chi connectivity index (χ1n) is 9.54. The smallest absolute Gasteiger partial charge is 0.264 e. The maximum atomic E-state index is 13.4. The number of carbonyl (C=O) groups excluding carboxylic acids is 1. The van der Waals surface area contributed by atoms with Gasteiger partial charge in [0.15, 0.2) is 0 Å². The Labute approximate surface area is 192 Å². The first-order chi connectivity index (χ1) is 14.7. The van der Waals surface area contributed by atoms with Crippen molar-refractivity contribution in [3.05, 3.63) is 93.5 Å². The SMILES string of the molecule is Cc1ccc(S(=O)(=O)N(CC(=O)NCc2ccccc2C)c2ccc(Cl)c(Cl)c2)cc1. The maximum absolute atomic E-state index is 13.4. The number of hydrogen-bond donors (Lipinski definition) is 1. The van der Waals surface area contributed by atoms with Gasteiger partial charge in [0.1, 0.15) is 6.54 Å². The number of anilines is 1. The molecule has 3 aromatic carbocycles. The number of amides is 1. The van der Waals surface area contributed by atoms with E-state index in [1.54, 1.807) is 12.1 Å². The zero-order chi connectivity index (χ0) is 22.6. The molecule has 3 aromatic rings. The quantitative estimate of drug-likeness (QED) is 0.514. The molecule has 0 unspecified atom stereocenters. The van der Waals surface area contributed by atoms with Crippen molar-refractivity contribution in [2.45, 2.75) is 25.3 Å². The minimum absolute atomic E-state index is 0.0795. The average Bonchev–Trinajstić information content (AvgIpc) is 2.74. The Morgan fingerprint density at radius 3 is 2.26 bits per heavy atom. The van der Waals surface area contributed by atoms with Crippen molar-refractivity contribution in [1.29, 1.82) is 0 Å². The van der Waals surface area contributed by atoms with Crippen LogP contribution >= 0.6 is 23.2 Å². The van der Waals surface area contributed by atoms with Gasteiger partial charge in [0.25, 0.3) is 10.0 Å². The lowest BCUT2D eigenvalue weighted by molar-refractivity contribution is -0.119. The van der Waals surface area contributed by atoms with Gasteiger partial charge in [0, 0.05) is 6.54 Å². The molecule has 0 radical (unpaired) electrons. The van der Waals surface area contributed by atoms with Gasteiger partial charge in [-0.1, -0.05) is 65.2 Å². The van der Waals surface area contributed by atoms with E-state index < -0.39 is 22.5 Å². The Balaban J connectivity index is 1.90. The molecule has 0 saturated carbocycles. The van der Waals surface area contributed by atoms with Gasteiger partial charge in [-0.15, -0.1) is 0 Å². The van der Waals surface area contributed by atoms with Gasteiger partial charge in [-0.2, -0.15) is 0 Å². The van der Waals surface area contributed by atoms with E-state index in [4.69, 9.17) is 23.2 Å². The summed E-state index contributed by atoms with van der Waals surface area (Å²) in [6, 6.07) is 18.6. The number of rotatable bonds is 7. The second-order valence-corrected chi connectivity index (χ2v) is 9.80. The zero-order valence-corrected chi connectivity index (χ0v) is 19.4. The third-order valence-corrected chi connectivity index (χ3v) is 7.35. The van der Waals surface area contributed by atoms with E-state index >= 15 is 0 Å². The van der Waals surface area contributed by atoms with Crippen LogP contribution in [0.15, 0.2) is 71.6 Å². The summed E-state index contributed by atoms with van der Waals surface area (Å²) < 4.78 is 27.8. The highest BCUT2D eigenvalue weighted by Crippen LogP contribution is 2.30. The summed E-state index contributed by atoms with van der Waals surface area (Å²) in [6.07, 6.45) is 0. The lowest BCUT2D eigenvalue weighted by atomic mass is 10.1. The molecule has 0 aliphatic carbocycles. The number of carbonyl (C=O) groups is 1. The molecule has 3 rings (SSSR count). The van der Waals surface area contributed by atoms with E-state index in [-0.39, 0.29) is 15.6 Å². The minimum atomic E-state index is -4.02. The van der Waals surface area contributed by atoms with Crippen molar-refractivity contribution >= 4 is 44.8 Å². The van der Waals surface area contributed by atoms with Crippen molar-refractivity contribution in [3.63, 3.8) is 0 Å². The molecule has 1 N–H and O–H groups in total. The number of halogens is 2. The molecule has 0 spiro atoms. The summed E-state index contributed by atoms with van der Waals surface area (Å²) in [6.45, 7) is 3.71. The minimum Gasteiger partial charge on any atom is -0.350 e. The van der Waals surface area contributed by atoms with Gasteiger partial charge in [-0.3, -0.25) is 9.10 Å². The summed E-state index contributed by atoms with van der Waals surface area (Å²) in [5, 5.41) is 3.29. The second-order valence-electron chi connectivity index (χ2n) is 7.13. The number of nitrogens with one attached hydrogen (secondary N) is 1. The first-order valence-corrected chi connectivity index (χ1v) is 11.7. The summed E-state index contributed by atoms with van der Waals surface area (Å²) in [5.41, 5.74) is 3.17. The molecule has 1 amide bonds. The van der Waals surface area contributed by atoms with Crippen LogP contribution in [0.25, 0.3) is 0 Å². The summed E-state index contributed by atoms with van der Waals surface area (Å²) in [7, 11) is -4.02. The van der Waals surface area contributed by atoms with E-state index in [0.717, 1.165) is 21.0 Å². The van der Waals surface area contributed by atoms with Gasteiger partial charge in [-0.25, -0.2) is 8.42 Å². The Morgan fingerprint density at radius 1 is 0.935 bits per heavy atom. The highest BCUT2D eigenvalue weighted by atomic mass is 35.5. The van der Waals surface area contributed by atoms with Crippen LogP contribution in [-0.2, 0) is 21.4 Å². The van der Waals surface area contributed by atoms with Gasteiger partial charge in [0.2, 0.25) is 5.91 Å². The first kappa shape index (κ1) is 23.1. The van der Waals surface area contributed by atoms with E-state index in [1.807, 2.05) is 38.1 Å². The third-order valence-electron chi connectivity index (χ3n) is 4.82.